The first kappa shape index (κ1) is 18.8. The zero-order valence-corrected chi connectivity index (χ0v) is 17.0. The highest BCUT2D eigenvalue weighted by Crippen LogP contribution is 2.53. The lowest BCUT2D eigenvalue weighted by molar-refractivity contribution is 0.173. The Morgan fingerprint density at radius 1 is 0.692 bits per heavy atom. The molecule has 3 rings (SSSR count). The Labute approximate surface area is 157 Å². The summed E-state index contributed by atoms with van der Waals surface area (Å²) in [6, 6.07) is 8.67. The molecule has 140 valence electrons. The molecule has 26 heavy (non-hydrogen) atoms. The molecule has 0 spiro atoms. The molecule has 0 atom stereocenters. The van der Waals surface area contributed by atoms with Crippen LogP contribution < -0.4 is 0 Å². The van der Waals surface area contributed by atoms with Crippen molar-refractivity contribution < 1.29 is 10.2 Å². The fourth-order valence-electron chi connectivity index (χ4n) is 4.99. The van der Waals surface area contributed by atoms with E-state index in [-0.39, 0.29) is 10.8 Å². The van der Waals surface area contributed by atoms with E-state index in [0.717, 1.165) is 35.1 Å². The van der Waals surface area contributed by atoms with E-state index in [1.807, 2.05) is 27.7 Å². The summed E-state index contributed by atoms with van der Waals surface area (Å²) in [4.78, 5) is 0. The second-order valence-corrected chi connectivity index (χ2v) is 9.19. The Hall–Kier alpha value is -1.96. The van der Waals surface area contributed by atoms with Gasteiger partial charge in [0.05, 0.1) is 0 Å². The molecule has 0 heterocycles. The van der Waals surface area contributed by atoms with Gasteiger partial charge in [0, 0.05) is 5.41 Å². The molecule has 2 aromatic rings. The second-order valence-electron chi connectivity index (χ2n) is 9.19. The molecule has 0 unspecified atom stereocenters. The number of aromatic hydroxyl groups is 2. The molecule has 0 amide bonds. The zero-order chi connectivity index (χ0) is 19.3. The third-order valence-corrected chi connectivity index (χ3v) is 6.32. The van der Waals surface area contributed by atoms with E-state index in [9.17, 15) is 10.2 Å². The van der Waals surface area contributed by atoms with Crippen LogP contribution in [0.1, 0.15) is 72.9 Å². The van der Waals surface area contributed by atoms with E-state index < -0.39 is 0 Å². The van der Waals surface area contributed by atoms with Crippen LogP contribution in [0.4, 0.5) is 0 Å². The van der Waals surface area contributed by atoms with E-state index in [0.29, 0.717) is 11.5 Å². The summed E-state index contributed by atoms with van der Waals surface area (Å²) in [6.07, 6.45) is 4.60. The van der Waals surface area contributed by atoms with E-state index in [1.54, 1.807) is 0 Å². The van der Waals surface area contributed by atoms with Gasteiger partial charge < -0.3 is 10.2 Å². The number of hydrogen-bond donors (Lipinski definition) is 2. The maximum atomic E-state index is 10.3. The number of hydrogen-bond acceptors (Lipinski definition) is 2. The summed E-state index contributed by atoms with van der Waals surface area (Å²) in [5.41, 5.74) is 6.53. The Kier molecular flexibility index (Phi) is 4.58. The van der Waals surface area contributed by atoms with Gasteiger partial charge in [-0.25, -0.2) is 0 Å². The van der Waals surface area contributed by atoms with Crippen LogP contribution in [0.5, 0.6) is 11.5 Å². The molecule has 2 N–H and O–H groups in total. The highest BCUT2D eigenvalue weighted by atomic mass is 16.3. The van der Waals surface area contributed by atoms with Gasteiger partial charge in [0.15, 0.2) is 0 Å². The minimum absolute atomic E-state index is 0.0752. The standard InChI is InChI=1S/C24H32O2/c1-15-10-19(11-16(2)21(15)25)24(9-7-8-23(5,6)14-24)20-12-17(3)22(26)18(4)13-20/h10-13,25-26H,7-9,14H2,1-6H3. The van der Waals surface area contributed by atoms with Crippen LogP contribution >= 0.6 is 0 Å². The highest BCUT2D eigenvalue weighted by Gasteiger charge is 2.43. The maximum absolute atomic E-state index is 10.3. The molecule has 0 aromatic heterocycles. The summed E-state index contributed by atoms with van der Waals surface area (Å²) in [6.45, 7) is 12.7. The van der Waals surface area contributed by atoms with Gasteiger partial charge in [-0.1, -0.05) is 44.5 Å². The number of benzene rings is 2. The van der Waals surface area contributed by atoms with Gasteiger partial charge in [-0.15, -0.1) is 0 Å². The van der Waals surface area contributed by atoms with Crippen LogP contribution in [0.25, 0.3) is 0 Å². The Bertz CT molecular complexity index is 742. The second kappa shape index (κ2) is 6.33. The van der Waals surface area contributed by atoms with Gasteiger partial charge in [-0.3, -0.25) is 0 Å². The molecular formula is C24H32O2. The summed E-state index contributed by atoms with van der Waals surface area (Å²) >= 11 is 0. The molecule has 2 nitrogen and oxygen atoms in total. The molecule has 1 aliphatic rings. The van der Waals surface area contributed by atoms with Gasteiger partial charge in [0.2, 0.25) is 0 Å². The van der Waals surface area contributed by atoms with Crippen molar-refractivity contribution in [3.05, 3.63) is 57.6 Å². The van der Waals surface area contributed by atoms with Gasteiger partial charge in [0.1, 0.15) is 11.5 Å². The van der Waals surface area contributed by atoms with Crippen LogP contribution in [0, 0.1) is 33.1 Å². The Balaban J connectivity index is 2.28. The number of aryl methyl sites for hydroxylation is 4. The monoisotopic (exact) mass is 352 g/mol. The first-order valence-corrected chi connectivity index (χ1v) is 9.67. The van der Waals surface area contributed by atoms with Crippen LogP contribution in [0.15, 0.2) is 24.3 Å². The summed E-state index contributed by atoms with van der Waals surface area (Å²) in [5, 5.41) is 20.6. The van der Waals surface area contributed by atoms with E-state index >= 15 is 0 Å². The average molecular weight is 353 g/mol. The number of phenolic OH excluding ortho intramolecular Hbond substituents is 2. The summed E-state index contributed by atoms with van der Waals surface area (Å²) in [7, 11) is 0. The Morgan fingerprint density at radius 3 is 1.42 bits per heavy atom. The van der Waals surface area contributed by atoms with Crippen LogP contribution in [0.2, 0.25) is 0 Å². The molecule has 2 heteroatoms. The number of phenols is 2. The largest absolute Gasteiger partial charge is 0.507 e. The van der Waals surface area contributed by atoms with Crippen molar-refractivity contribution in [3.8, 4) is 11.5 Å². The minimum Gasteiger partial charge on any atom is -0.507 e. The molecule has 0 aliphatic heterocycles. The quantitative estimate of drug-likeness (QED) is 0.674. The van der Waals surface area contributed by atoms with Crippen LogP contribution in [0.3, 0.4) is 0 Å². The zero-order valence-electron chi connectivity index (χ0n) is 17.0. The van der Waals surface area contributed by atoms with Gasteiger partial charge in [-0.2, -0.15) is 0 Å². The lowest BCUT2D eigenvalue weighted by Crippen LogP contribution is -2.38. The molecule has 0 bridgehead atoms. The fourth-order valence-corrected chi connectivity index (χ4v) is 4.99. The summed E-state index contributed by atoms with van der Waals surface area (Å²) < 4.78 is 0. The first-order chi connectivity index (χ1) is 12.1. The topological polar surface area (TPSA) is 40.5 Å². The smallest absolute Gasteiger partial charge is 0.121 e. The average Bonchev–Trinajstić information content (AvgIpc) is 2.55. The molecule has 1 fully saturated rings. The molecule has 1 aliphatic carbocycles. The van der Waals surface area contributed by atoms with Gasteiger partial charge >= 0.3 is 0 Å². The third-order valence-electron chi connectivity index (χ3n) is 6.32. The van der Waals surface area contributed by atoms with E-state index in [4.69, 9.17) is 0 Å². The lowest BCUT2D eigenvalue weighted by atomic mass is 9.57. The van der Waals surface area contributed by atoms with Crippen LogP contribution in [-0.2, 0) is 5.41 Å². The van der Waals surface area contributed by atoms with Crippen molar-refractivity contribution in [3.63, 3.8) is 0 Å². The molecular weight excluding hydrogens is 320 g/mol. The SMILES string of the molecule is Cc1cc(C2(c3cc(C)c(O)c(C)c3)CCCC(C)(C)C2)cc(C)c1O. The van der Waals surface area contributed by atoms with Gasteiger partial charge in [-0.05, 0) is 85.8 Å². The van der Waals surface area contributed by atoms with Crippen molar-refractivity contribution in [1.82, 2.24) is 0 Å². The van der Waals surface area contributed by atoms with E-state index in [2.05, 4.69) is 38.1 Å². The molecule has 2 aromatic carbocycles. The van der Waals surface area contributed by atoms with Crippen LogP contribution in [-0.4, -0.2) is 10.2 Å². The normalized spacial score (nSPS) is 18.7. The molecule has 1 saturated carbocycles. The fraction of sp³-hybridized carbons (Fsp3) is 0.500. The predicted octanol–water partition coefficient (Wildman–Crippen LogP) is 6.22. The minimum atomic E-state index is -0.0752. The third kappa shape index (κ3) is 3.11. The number of rotatable bonds is 2. The van der Waals surface area contributed by atoms with Gasteiger partial charge in [0.25, 0.3) is 0 Å². The predicted molar refractivity (Wildman–Crippen MR) is 108 cm³/mol. The Morgan fingerprint density at radius 2 is 1.08 bits per heavy atom. The molecule has 0 radical (unpaired) electrons. The lowest BCUT2D eigenvalue weighted by Gasteiger charge is -2.46. The maximum Gasteiger partial charge on any atom is 0.121 e. The first-order valence-electron chi connectivity index (χ1n) is 9.67. The van der Waals surface area contributed by atoms with E-state index in [1.165, 1.54) is 24.0 Å². The molecule has 0 saturated heterocycles. The van der Waals surface area contributed by atoms with Crippen molar-refractivity contribution in [1.29, 1.82) is 0 Å². The van der Waals surface area contributed by atoms with Crippen molar-refractivity contribution in [2.45, 2.75) is 72.6 Å². The van der Waals surface area contributed by atoms with Crippen molar-refractivity contribution in [2.24, 2.45) is 5.41 Å². The van der Waals surface area contributed by atoms with Crippen molar-refractivity contribution >= 4 is 0 Å². The highest BCUT2D eigenvalue weighted by molar-refractivity contribution is 5.52. The summed E-state index contributed by atoms with van der Waals surface area (Å²) in [5.74, 6) is 0.800. The van der Waals surface area contributed by atoms with Crippen molar-refractivity contribution in [2.75, 3.05) is 0 Å².